The fourth-order valence-electron chi connectivity index (χ4n) is 1.70. The van der Waals surface area contributed by atoms with E-state index in [4.69, 9.17) is 0 Å². The number of halogens is 2. The average molecular weight is 384 g/mol. The first-order valence-corrected chi connectivity index (χ1v) is 7.26. The van der Waals surface area contributed by atoms with E-state index in [9.17, 15) is 4.79 Å². The van der Waals surface area contributed by atoms with Crippen molar-refractivity contribution in [2.45, 2.75) is 6.54 Å². The van der Waals surface area contributed by atoms with Crippen molar-refractivity contribution in [1.82, 2.24) is 9.88 Å². The maximum Gasteiger partial charge on any atom is 0.255 e. The van der Waals surface area contributed by atoms with E-state index in [1.165, 1.54) is 0 Å². The Morgan fingerprint density at radius 1 is 1.26 bits per heavy atom. The lowest BCUT2D eigenvalue weighted by molar-refractivity contribution is 0.0784. The molecule has 19 heavy (non-hydrogen) atoms. The van der Waals surface area contributed by atoms with Crippen molar-refractivity contribution >= 4 is 37.8 Å². The lowest BCUT2D eigenvalue weighted by Crippen LogP contribution is -2.26. The third-order valence-electron chi connectivity index (χ3n) is 2.63. The molecule has 0 N–H and O–H groups in total. The highest BCUT2D eigenvalue weighted by Crippen LogP contribution is 2.14. The topological polar surface area (TPSA) is 33.2 Å². The molecule has 1 aromatic heterocycles. The van der Waals surface area contributed by atoms with Gasteiger partial charge in [0.2, 0.25) is 0 Å². The van der Waals surface area contributed by atoms with E-state index in [0.717, 1.165) is 14.6 Å². The Bertz CT molecular complexity index is 584. The second-order valence-electron chi connectivity index (χ2n) is 4.16. The van der Waals surface area contributed by atoms with Crippen molar-refractivity contribution in [2.75, 3.05) is 7.05 Å². The summed E-state index contributed by atoms with van der Waals surface area (Å²) in [5, 5.41) is 0. The van der Waals surface area contributed by atoms with Crippen LogP contribution in [0.4, 0.5) is 0 Å². The maximum absolute atomic E-state index is 12.2. The number of carbonyl (C=O) groups excluding carboxylic acids is 1. The van der Waals surface area contributed by atoms with Gasteiger partial charge < -0.3 is 4.90 Å². The Balaban J connectivity index is 2.09. The van der Waals surface area contributed by atoms with Crippen LogP contribution < -0.4 is 0 Å². The van der Waals surface area contributed by atoms with E-state index in [1.807, 2.05) is 24.3 Å². The molecule has 3 nitrogen and oxygen atoms in total. The van der Waals surface area contributed by atoms with Gasteiger partial charge in [-0.3, -0.25) is 4.79 Å². The Morgan fingerprint density at radius 2 is 2.05 bits per heavy atom. The van der Waals surface area contributed by atoms with Crippen LogP contribution in [0.3, 0.4) is 0 Å². The summed E-state index contributed by atoms with van der Waals surface area (Å²) in [6.07, 6.45) is 1.57. The van der Waals surface area contributed by atoms with E-state index in [-0.39, 0.29) is 5.91 Å². The summed E-state index contributed by atoms with van der Waals surface area (Å²) in [5.41, 5.74) is 1.66. The molecule has 1 heterocycles. The van der Waals surface area contributed by atoms with Crippen molar-refractivity contribution in [1.29, 1.82) is 0 Å². The SMILES string of the molecule is CN(Cc1cccc(Br)c1)C(=O)c1ccc(Br)nc1. The van der Waals surface area contributed by atoms with Crippen molar-refractivity contribution in [3.05, 3.63) is 62.8 Å². The van der Waals surface area contributed by atoms with Gasteiger partial charge in [-0.05, 0) is 45.8 Å². The molecular formula is C14H12Br2N2O. The number of hydrogen-bond acceptors (Lipinski definition) is 2. The number of pyridine rings is 1. The average Bonchev–Trinajstić information content (AvgIpc) is 2.39. The van der Waals surface area contributed by atoms with Crippen LogP contribution in [-0.4, -0.2) is 22.8 Å². The molecule has 1 aromatic carbocycles. The summed E-state index contributed by atoms with van der Waals surface area (Å²) < 4.78 is 1.73. The van der Waals surface area contributed by atoms with Crippen molar-refractivity contribution in [2.24, 2.45) is 0 Å². The molecule has 1 amide bonds. The molecular weight excluding hydrogens is 372 g/mol. The van der Waals surface area contributed by atoms with Crippen LogP contribution in [0.5, 0.6) is 0 Å². The number of amides is 1. The highest BCUT2D eigenvalue weighted by Gasteiger charge is 2.12. The zero-order valence-electron chi connectivity index (χ0n) is 10.3. The molecule has 2 aromatic rings. The second-order valence-corrected chi connectivity index (χ2v) is 5.89. The van der Waals surface area contributed by atoms with Crippen LogP contribution in [0.2, 0.25) is 0 Å². The Hall–Kier alpha value is -1.20. The van der Waals surface area contributed by atoms with Gasteiger partial charge >= 0.3 is 0 Å². The van der Waals surface area contributed by atoms with Crippen LogP contribution in [0.1, 0.15) is 15.9 Å². The van der Waals surface area contributed by atoms with Gasteiger partial charge in [0, 0.05) is 24.3 Å². The molecule has 0 fully saturated rings. The quantitative estimate of drug-likeness (QED) is 0.753. The second kappa shape index (κ2) is 6.30. The van der Waals surface area contributed by atoms with Crippen molar-refractivity contribution in [3.8, 4) is 0 Å². The normalized spacial score (nSPS) is 10.3. The Labute approximate surface area is 128 Å². The van der Waals surface area contributed by atoms with E-state index in [2.05, 4.69) is 36.8 Å². The molecule has 0 aliphatic heterocycles. The van der Waals surface area contributed by atoms with Crippen molar-refractivity contribution in [3.63, 3.8) is 0 Å². The van der Waals surface area contributed by atoms with E-state index in [1.54, 1.807) is 30.3 Å². The molecule has 0 spiro atoms. The number of aromatic nitrogens is 1. The molecule has 0 saturated heterocycles. The predicted molar refractivity (Wildman–Crippen MR) is 81.9 cm³/mol. The number of nitrogens with zero attached hydrogens (tertiary/aromatic N) is 2. The zero-order chi connectivity index (χ0) is 13.8. The van der Waals surface area contributed by atoms with E-state index >= 15 is 0 Å². The minimum atomic E-state index is -0.0417. The van der Waals surface area contributed by atoms with Crippen LogP contribution in [0.15, 0.2) is 51.7 Å². The fraction of sp³-hybridized carbons (Fsp3) is 0.143. The molecule has 0 atom stereocenters. The molecule has 2 rings (SSSR count). The molecule has 5 heteroatoms. The number of rotatable bonds is 3. The predicted octanol–water partition coefficient (Wildman–Crippen LogP) is 3.88. The van der Waals surface area contributed by atoms with Crippen LogP contribution >= 0.6 is 31.9 Å². The summed E-state index contributed by atoms with van der Waals surface area (Å²) in [6, 6.07) is 11.4. The molecule has 0 bridgehead atoms. The molecule has 0 saturated carbocycles. The zero-order valence-corrected chi connectivity index (χ0v) is 13.5. The van der Waals surface area contributed by atoms with Gasteiger partial charge in [-0.1, -0.05) is 28.1 Å². The summed E-state index contributed by atoms with van der Waals surface area (Å²) in [7, 11) is 1.78. The van der Waals surface area contributed by atoms with Gasteiger partial charge in [-0.15, -0.1) is 0 Å². The molecule has 0 aliphatic rings. The first-order chi connectivity index (χ1) is 9.06. The third-order valence-corrected chi connectivity index (χ3v) is 3.59. The lowest BCUT2D eigenvalue weighted by atomic mass is 10.2. The number of benzene rings is 1. The van der Waals surface area contributed by atoms with E-state index in [0.29, 0.717) is 12.1 Å². The lowest BCUT2D eigenvalue weighted by Gasteiger charge is -2.17. The largest absolute Gasteiger partial charge is 0.337 e. The minimum absolute atomic E-state index is 0.0417. The third kappa shape index (κ3) is 3.88. The van der Waals surface area contributed by atoms with Crippen LogP contribution in [0.25, 0.3) is 0 Å². The standard InChI is InChI=1S/C14H12Br2N2O/c1-18(9-10-3-2-4-12(15)7-10)14(19)11-5-6-13(16)17-8-11/h2-8H,9H2,1H3. The van der Waals surface area contributed by atoms with Crippen LogP contribution in [-0.2, 0) is 6.54 Å². The fourth-order valence-corrected chi connectivity index (χ4v) is 2.38. The van der Waals surface area contributed by atoms with Gasteiger partial charge in [0.1, 0.15) is 4.60 Å². The molecule has 0 aliphatic carbocycles. The minimum Gasteiger partial charge on any atom is -0.337 e. The van der Waals surface area contributed by atoms with Gasteiger partial charge in [0.15, 0.2) is 0 Å². The van der Waals surface area contributed by atoms with Crippen molar-refractivity contribution < 1.29 is 4.79 Å². The Morgan fingerprint density at radius 3 is 2.68 bits per heavy atom. The van der Waals surface area contributed by atoms with Gasteiger partial charge in [-0.25, -0.2) is 4.98 Å². The first kappa shape index (κ1) is 14.2. The van der Waals surface area contributed by atoms with Crippen LogP contribution in [0, 0.1) is 0 Å². The summed E-state index contributed by atoms with van der Waals surface area (Å²) in [4.78, 5) is 17.9. The highest BCUT2D eigenvalue weighted by atomic mass is 79.9. The monoisotopic (exact) mass is 382 g/mol. The summed E-state index contributed by atoms with van der Waals surface area (Å²) in [5.74, 6) is -0.0417. The molecule has 0 radical (unpaired) electrons. The van der Waals surface area contributed by atoms with Gasteiger partial charge in [0.25, 0.3) is 5.91 Å². The van der Waals surface area contributed by atoms with Gasteiger partial charge in [0.05, 0.1) is 5.56 Å². The number of carbonyl (C=O) groups is 1. The Kier molecular flexibility index (Phi) is 4.71. The number of hydrogen-bond donors (Lipinski definition) is 0. The maximum atomic E-state index is 12.2. The molecule has 0 unspecified atom stereocenters. The summed E-state index contributed by atoms with van der Waals surface area (Å²) >= 11 is 6.68. The van der Waals surface area contributed by atoms with E-state index < -0.39 is 0 Å². The first-order valence-electron chi connectivity index (χ1n) is 5.68. The smallest absolute Gasteiger partial charge is 0.255 e. The van der Waals surface area contributed by atoms with Gasteiger partial charge in [-0.2, -0.15) is 0 Å². The summed E-state index contributed by atoms with van der Waals surface area (Å²) in [6.45, 7) is 0.564. The molecule has 98 valence electrons. The highest BCUT2D eigenvalue weighted by molar-refractivity contribution is 9.10.